The van der Waals surface area contributed by atoms with Gasteiger partial charge in [-0.2, -0.15) is 11.8 Å². The summed E-state index contributed by atoms with van der Waals surface area (Å²) in [5, 5.41) is 15.3. The van der Waals surface area contributed by atoms with E-state index in [1.165, 1.54) is 6.42 Å². The Hall–Kier alpha value is -1.07. The molecule has 1 fully saturated rings. The summed E-state index contributed by atoms with van der Waals surface area (Å²) in [5.41, 5.74) is 0.988. The highest BCUT2D eigenvalue weighted by atomic mass is 32.2. The van der Waals surface area contributed by atoms with Gasteiger partial charge in [0.05, 0.1) is 4.92 Å². The Labute approximate surface area is 118 Å². The average molecular weight is 280 g/mol. The number of benzene rings is 1. The molecule has 0 spiro atoms. The Morgan fingerprint density at radius 1 is 1.42 bits per heavy atom. The minimum absolute atomic E-state index is 0.0206. The lowest BCUT2D eigenvalue weighted by molar-refractivity contribution is -0.385. The number of hydrogen-bond acceptors (Lipinski definition) is 4. The van der Waals surface area contributed by atoms with E-state index in [2.05, 4.69) is 11.6 Å². The highest BCUT2D eigenvalue weighted by Crippen LogP contribution is 2.31. The Balaban J connectivity index is 2.04. The Kier molecular flexibility index (Phi) is 4.82. The van der Waals surface area contributed by atoms with Gasteiger partial charge in [-0.05, 0) is 32.4 Å². The van der Waals surface area contributed by atoms with E-state index in [4.69, 9.17) is 0 Å². The van der Waals surface area contributed by atoms with Gasteiger partial charge in [-0.15, -0.1) is 0 Å². The van der Waals surface area contributed by atoms with Crippen LogP contribution in [0.4, 0.5) is 5.69 Å². The predicted octanol–water partition coefficient (Wildman–Crippen LogP) is 3.53. The van der Waals surface area contributed by atoms with Crippen molar-refractivity contribution >= 4 is 17.4 Å². The van der Waals surface area contributed by atoms with E-state index in [0.717, 1.165) is 23.7 Å². The fraction of sp³-hybridized carbons (Fsp3) is 0.571. The van der Waals surface area contributed by atoms with Crippen LogP contribution < -0.4 is 5.32 Å². The standard InChI is InChI=1S/C14H20N2O2S/c1-10(15-11-7-8-12(9-11)19-2)13-5-3-4-6-14(13)16(17)18/h3-6,10-12,15H,7-9H2,1-2H3. The van der Waals surface area contributed by atoms with Gasteiger partial charge in [0.15, 0.2) is 0 Å². The second kappa shape index (κ2) is 6.39. The van der Waals surface area contributed by atoms with E-state index in [-0.39, 0.29) is 16.7 Å². The highest BCUT2D eigenvalue weighted by Gasteiger charge is 2.26. The molecule has 0 bridgehead atoms. The van der Waals surface area contributed by atoms with Gasteiger partial charge in [-0.3, -0.25) is 10.1 Å². The molecular formula is C14H20N2O2S. The molecule has 0 aliphatic heterocycles. The number of rotatable bonds is 5. The van der Waals surface area contributed by atoms with E-state index < -0.39 is 0 Å². The number of nitro benzene ring substituents is 1. The van der Waals surface area contributed by atoms with Crippen LogP contribution >= 0.6 is 11.8 Å². The molecule has 3 unspecified atom stereocenters. The molecule has 1 aliphatic rings. The third-order valence-electron chi connectivity index (χ3n) is 3.80. The summed E-state index contributed by atoms with van der Waals surface area (Å²) in [6.07, 6.45) is 5.71. The second-order valence-corrected chi connectivity index (χ2v) is 6.21. The van der Waals surface area contributed by atoms with Crippen molar-refractivity contribution in [3.8, 4) is 0 Å². The molecule has 1 aromatic carbocycles. The molecule has 1 aromatic rings. The molecule has 0 saturated heterocycles. The van der Waals surface area contributed by atoms with Crippen molar-refractivity contribution in [2.45, 2.75) is 43.5 Å². The number of nitrogens with one attached hydrogen (secondary N) is 1. The molecule has 0 amide bonds. The minimum atomic E-state index is -0.299. The zero-order chi connectivity index (χ0) is 13.8. The van der Waals surface area contributed by atoms with Gasteiger partial charge in [0.2, 0.25) is 0 Å². The summed E-state index contributed by atoms with van der Waals surface area (Å²) in [6.45, 7) is 2.01. The van der Waals surface area contributed by atoms with Crippen LogP contribution in [0.5, 0.6) is 0 Å². The molecule has 104 valence electrons. The fourth-order valence-electron chi connectivity index (χ4n) is 2.77. The van der Waals surface area contributed by atoms with E-state index in [9.17, 15) is 10.1 Å². The van der Waals surface area contributed by atoms with Crippen LogP contribution in [-0.4, -0.2) is 22.5 Å². The molecule has 4 nitrogen and oxygen atoms in total. The topological polar surface area (TPSA) is 55.2 Å². The van der Waals surface area contributed by atoms with E-state index in [1.54, 1.807) is 12.1 Å². The van der Waals surface area contributed by atoms with Crippen molar-refractivity contribution in [1.82, 2.24) is 5.32 Å². The lowest BCUT2D eigenvalue weighted by atomic mass is 10.0. The Morgan fingerprint density at radius 2 is 2.16 bits per heavy atom. The molecule has 2 rings (SSSR count). The van der Waals surface area contributed by atoms with Crippen LogP contribution in [0.3, 0.4) is 0 Å². The summed E-state index contributed by atoms with van der Waals surface area (Å²) >= 11 is 1.92. The van der Waals surface area contributed by atoms with Gasteiger partial charge in [0, 0.05) is 29.0 Å². The first-order chi connectivity index (χ1) is 9.11. The zero-order valence-electron chi connectivity index (χ0n) is 11.3. The lowest BCUT2D eigenvalue weighted by Crippen LogP contribution is -2.29. The van der Waals surface area contributed by atoms with E-state index in [0.29, 0.717) is 6.04 Å². The SMILES string of the molecule is CSC1CCC(NC(C)c2ccccc2[N+](=O)[O-])C1. The van der Waals surface area contributed by atoms with Crippen LogP contribution in [-0.2, 0) is 0 Å². The molecule has 1 N–H and O–H groups in total. The molecule has 19 heavy (non-hydrogen) atoms. The maximum absolute atomic E-state index is 11.0. The van der Waals surface area contributed by atoms with Gasteiger partial charge >= 0.3 is 0 Å². The number of hydrogen-bond donors (Lipinski definition) is 1. The minimum Gasteiger partial charge on any atom is -0.307 e. The molecule has 1 aliphatic carbocycles. The van der Waals surface area contributed by atoms with Gasteiger partial charge in [-0.25, -0.2) is 0 Å². The van der Waals surface area contributed by atoms with E-state index in [1.807, 2.05) is 30.8 Å². The maximum atomic E-state index is 11.0. The highest BCUT2D eigenvalue weighted by molar-refractivity contribution is 7.99. The molecule has 0 aromatic heterocycles. The van der Waals surface area contributed by atoms with Crippen molar-refractivity contribution in [1.29, 1.82) is 0 Å². The van der Waals surface area contributed by atoms with Crippen molar-refractivity contribution in [3.05, 3.63) is 39.9 Å². The number of nitro groups is 1. The van der Waals surface area contributed by atoms with Gasteiger partial charge in [0.25, 0.3) is 5.69 Å². The molecule has 1 saturated carbocycles. The number of nitrogens with zero attached hydrogens (tertiary/aromatic N) is 1. The van der Waals surface area contributed by atoms with Crippen molar-refractivity contribution in [3.63, 3.8) is 0 Å². The van der Waals surface area contributed by atoms with Crippen LogP contribution in [0.15, 0.2) is 24.3 Å². The third kappa shape index (κ3) is 3.48. The van der Waals surface area contributed by atoms with Crippen molar-refractivity contribution < 1.29 is 4.92 Å². The maximum Gasteiger partial charge on any atom is 0.274 e. The van der Waals surface area contributed by atoms with Crippen molar-refractivity contribution in [2.75, 3.05) is 6.26 Å². The fourth-order valence-corrected chi connectivity index (χ4v) is 3.57. The summed E-state index contributed by atoms with van der Waals surface area (Å²) in [6, 6.07) is 7.50. The summed E-state index contributed by atoms with van der Waals surface area (Å²) in [5.74, 6) is 0. The van der Waals surface area contributed by atoms with Crippen molar-refractivity contribution in [2.24, 2.45) is 0 Å². The monoisotopic (exact) mass is 280 g/mol. The molecular weight excluding hydrogens is 260 g/mol. The average Bonchev–Trinajstić information content (AvgIpc) is 2.86. The first-order valence-electron chi connectivity index (χ1n) is 6.64. The first-order valence-corrected chi connectivity index (χ1v) is 7.92. The lowest BCUT2D eigenvalue weighted by Gasteiger charge is -2.19. The third-order valence-corrected chi connectivity index (χ3v) is 4.90. The zero-order valence-corrected chi connectivity index (χ0v) is 12.2. The van der Waals surface area contributed by atoms with Gasteiger partial charge in [-0.1, -0.05) is 18.2 Å². The molecule has 0 heterocycles. The van der Waals surface area contributed by atoms with Crippen LogP contribution in [0.2, 0.25) is 0 Å². The molecule has 3 atom stereocenters. The normalized spacial score (nSPS) is 24.3. The predicted molar refractivity (Wildman–Crippen MR) is 79.6 cm³/mol. The first kappa shape index (κ1) is 14.3. The number of thioether (sulfide) groups is 1. The van der Waals surface area contributed by atoms with Crippen LogP contribution in [0.1, 0.15) is 37.8 Å². The van der Waals surface area contributed by atoms with Crippen LogP contribution in [0, 0.1) is 10.1 Å². The smallest absolute Gasteiger partial charge is 0.274 e. The largest absolute Gasteiger partial charge is 0.307 e. The Morgan fingerprint density at radius 3 is 2.79 bits per heavy atom. The number of para-hydroxylation sites is 1. The van der Waals surface area contributed by atoms with Gasteiger partial charge < -0.3 is 5.32 Å². The van der Waals surface area contributed by atoms with E-state index >= 15 is 0 Å². The Bertz CT molecular complexity index is 453. The summed E-state index contributed by atoms with van der Waals surface area (Å²) in [7, 11) is 0. The summed E-state index contributed by atoms with van der Waals surface area (Å²) in [4.78, 5) is 10.7. The second-order valence-electron chi connectivity index (χ2n) is 5.07. The quantitative estimate of drug-likeness (QED) is 0.662. The summed E-state index contributed by atoms with van der Waals surface area (Å²) < 4.78 is 0. The molecule has 0 radical (unpaired) electrons. The molecule has 5 heteroatoms. The van der Waals surface area contributed by atoms with Gasteiger partial charge in [0.1, 0.15) is 0 Å². The van der Waals surface area contributed by atoms with Crippen LogP contribution in [0.25, 0.3) is 0 Å².